The third-order valence-electron chi connectivity index (χ3n) is 5.30. The Morgan fingerprint density at radius 1 is 1.19 bits per heavy atom. The van der Waals surface area contributed by atoms with Crippen LogP contribution in [0.15, 0.2) is 29.6 Å². The topological polar surface area (TPSA) is 97.7 Å². The Bertz CT molecular complexity index is 938. The number of anilines is 2. The summed E-state index contributed by atoms with van der Waals surface area (Å²) in [4.78, 5) is 29.6. The van der Waals surface area contributed by atoms with E-state index in [0.717, 1.165) is 43.0 Å². The van der Waals surface area contributed by atoms with Crippen molar-refractivity contribution >= 4 is 40.9 Å². The standard InChI is InChI=1S/C20H25N5O4S.ClH/c1-3-28-20(26)24-9-6-14(7-10-24)29-19-16-8-11-25(18(16)22-13-23-19)17-5-4-15(12-21-17)30(2)27;/h4-5,12-14H,3,6-11H2,1-2H3;1H. The number of piperidine rings is 1. The highest BCUT2D eigenvalue weighted by atomic mass is 35.5. The summed E-state index contributed by atoms with van der Waals surface area (Å²) in [7, 11) is -1.06. The fraction of sp³-hybridized carbons (Fsp3) is 0.500. The molecule has 4 heterocycles. The van der Waals surface area contributed by atoms with Gasteiger partial charge in [-0.15, -0.1) is 12.4 Å². The van der Waals surface area contributed by atoms with Gasteiger partial charge in [-0.25, -0.2) is 19.7 Å². The average molecular weight is 468 g/mol. The van der Waals surface area contributed by atoms with Crippen LogP contribution < -0.4 is 9.64 Å². The van der Waals surface area contributed by atoms with E-state index in [1.54, 1.807) is 24.3 Å². The number of nitrogens with zero attached hydrogens (tertiary/aromatic N) is 5. The highest BCUT2D eigenvalue weighted by molar-refractivity contribution is 7.84. The predicted octanol–water partition coefficient (Wildman–Crippen LogP) is 2.72. The average Bonchev–Trinajstić information content (AvgIpc) is 3.20. The maximum atomic E-state index is 11.9. The molecule has 2 aromatic rings. The molecule has 1 amide bonds. The smallest absolute Gasteiger partial charge is 0.409 e. The van der Waals surface area contributed by atoms with Crippen molar-refractivity contribution in [3.63, 3.8) is 0 Å². The summed E-state index contributed by atoms with van der Waals surface area (Å²) in [5.74, 6) is 2.15. The molecule has 168 valence electrons. The highest BCUT2D eigenvalue weighted by Crippen LogP contribution is 2.36. The second kappa shape index (κ2) is 10.2. The van der Waals surface area contributed by atoms with Crippen LogP contribution in [0.2, 0.25) is 0 Å². The third-order valence-corrected chi connectivity index (χ3v) is 6.21. The molecule has 1 saturated heterocycles. The van der Waals surface area contributed by atoms with Crippen molar-refractivity contribution in [3.05, 3.63) is 30.2 Å². The molecule has 0 spiro atoms. The molecule has 1 atom stereocenters. The van der Waals surface area contributed by atoms with Crippen molar-refractivity contribution in [3.8, 4) is 5.88 Å². The van der Waals surface area contributed by atoms with Crippen LogP contribution in [0.1, 0.15) is 25.3 Å². The van der Waals surface area contributed by atoms with E-state index in [-0.39, 0.29) is 24.6 Å². The van der Waals surface area contributed by atoms with Gasteiger partial charge in [0.1, 0.15) is 24.1 Å². The van der Waals surface area contributed by atoms with Crippen molar-refractivity contribution in [2.75, 3.05) is 37.4 Å². The van der Waals surface area contributed by atoms with Gasteiger partial charge in [0.2, 0.25) is 5.88 Å². The molecule has 0 radical (unpaired) electrons. The molecule has 2 aliphatic heterocycles. The maximum absolute atomic E-state index is 11.9. The number of amides is 1. The van der Waals surface area contributed by atoms with Gasteiger partial charge >= 0.3 is 6.09 Å². The van der Waals surface area contributed by atoms with Crippen LogP contribution in [0, 0.1) is 0 Å². The first-order valence-electron chi connectivity index (χ1n) is 10.1. The largest absolute Gasteiger partial charge is 0.474 e. The molecular formula is C20H26ClN5O4S. The number of carbonyl (C=O) groups is 1. The van der Waals surface area contributed by atoms with Crippen molar-refractivity contribution in [1.82, 2.24) is 19.9 Å². The van der Waals surface area contributed by atoms with Gasteiger partial charge in [-0.2, -0.15) is 0 Å². The first-order chi connectivity index (χ1) is 14.6. The first kappa shape index (κ1) is 23.2. The maximum Gasteiger partial charge on any atom is 0.409 e. The lowest BCUT2D eigenvalue weighted by Crippen LogP contribution is -2.42. The molecule has 0 N–H and O–H groups in total. The van der Waals surface area contributed by atoms with Crippen LogP contribution in [-0.2, 0) is 22.0 Å². The van der Waals surface area contributed by atoms with Crippen LogP contribution in [0.5, 0.6) is 5.88 Å². The highest BCUT2D eigenvalue weighted by Gasteiger charge is 2.30. The molecule has 0 saturated carbocycles. The fourth-order valence-electron chi connectivity index (χ4n) is 3.72. The molecule has 0 aromatic carbocycles. The Morgan fingerprint density at radius 3 is 2.61 bits per heavy atom. The van der Waals surface area contributed by atoms with Crippen molar-refractivity contribution < 1.29 is 18.5 Å². The van der Waals surface area contributed by atoms with Gasteiger partial charge in [0.25, 0.3) is 0 Å². The molecule has 2 aliphatic rings. The SMILES string of the molecule is CCOC(=O)N1CCC(Oc2ncnc3c2CCN3c2ccc(S(C)=O)cn2)CC1.Cl. The summed E-state index contributed by atoms with van der Waals surface area (Å²) in [5.41, 5.74) is 0.968. The molecule has 11 heteroatoms. The van der Waals surface area contributed by atoms with E-state index in [0.29, 0.717) is 30.5 Å². The number of aromatic nitrogens is 3. The monoisotopic (exact) mass is 467 g/mol. The van der Waals surface area contributed by atoms with E-state index < -0.39 is 10.8 Å². The Labute approximate surface area is 190 Å². The molecule has 9 nitrogen and oxygen atoms in total. The van der Waals surface area contributed by atoms with Crippen molar-refractivity contribution in [2.45, 2.75) is 37.2 Å². The molecule has 2 aromatic heterocycles. The zero-order chi connectivity index (χ0) is 21.1. The lowest BCUT2D eigenvalue weighted by molar-refractivity contribution is 0.0685. The summed E-state index contributed by atoms with van der Waals surface area (Å²) < 4.78 is 22.9. The van der Waals surface area contributed by atoms with Gasteiger partial charge in [-0.05, 0) is 25.5 Å². The van der Waals surface area contributed by atoms with Crippen molar-refractivity contribution in [1.29, 1.82) is 0 Å². The Balaban J connectivity index is 0.00000272. The zero-order valence-electron chi connectivity index (χ0n) is 17.5. The summed E-state index contributed by atoms with van der Waals surface area (Å²) in [6.45, 7) is 4.14. The van der Waals surface area contributed by atoms with Crippen LogP contribution in [0.4, 0.5) is 16.4 Å². The lowest BCUT2D eigenvalue weighted by atomic mass is 10.1. The minimum atomic E-state index is -1.06. The number of carbonyl (C=O) groups excluding carboxylic acids is 1. The van der Waals surface area contributed by atoms with Crippen molar-refractivity contribution in [2.24, 2.45) is 0 Å². The number of pyridine rings is 1. The first-order valence-corrected chi connectivity index (χ1v) is 11.6. The number of halogens is 1. The van der Waals surface area contributed by atoms with Gasteiger partial charge in [0.05, 0.1) is 27.9 Å². The minimum Gasteiger partial charge on any atom is -0.474 e. The van der Waals surface area contributed by atoms with Gasteiger partial charge < -0.3 is 19.3 Å². The molecule has 1 fully saturated rings. The van der Waals surface area contributed by atoms with Crippen LogP contribution >= 0.6 is 12.4 Å². The number of hydrogen-bond acceptors (Lipinski definition) is 8. The Kier molecular flexibility index (Phi) is 7.66. The van der Waals surface area contributed by atoms with E-state index in [4.69, 9.17) is 9.47 Å². The van der Waals surface area contributed by atoms with Gasteiger partial charge in [-0.3, -0.25) is 4.21 Å². The van der Waals surface area contributed by atoms with Gasteiger partial charge in [-0.1, -0.05) is 0 Å². The van der Waals surface area contributed by atoms with Gasteiger partial charge in [0, 0.05) is 44.9 Å². The Hall–Kier alpha value is -2.46. The predicted molar refractivity (Wildman–Crippen MR) is 119 cm³/mol. The number of likely N-dealkylation sites (tertiary alicyclic amines) is 1. The molecule has 1 unspecified atom stereocenters. The lowest BCUT2D eigenvalue weighted by Gasteiger charge is -2.31. The van der Waals surface area contributed by atoms with Crippen LogP contribution in [0.3, 0.4) is 0 Å². The number of ether oxygens (including phenoxy) is 2. The van der Waals surface area contributed by atoms with E-state index in [1.165, 1.54) is 6.33 Å². The second-order valence-corrected chi connectivity index (χ2v) is 8.57. The Morgan fingerprint density at radius 2 is 1.97 bits per heavy atom. The minimum absolute atomic E-state index is 0. The molecule has 0 bridgehead atoms. The second-order valence-electron chi connectivity index (χ2n) is 7.19. The van der Waals surface area contributed by atoms with E-state index in [2.05, 4.69) is 15.0 Å². The van der Waals surface area contributed by atoms with E-state index >= 15 is 0 Å². The third kappa shape index (κ3) is 5.07. The summed E-state index contributed by atoms with van der Waals surface area (Å²) >= 11 is 0. The van der Waals surface area contributed by atoms with Gasteiger partial charge in [0.15, 0.2) is 0 Å². The normalized spacial score (nSPS) is 17.0. The molecule has 4 rings (SSSR count). The molecular weight excluding hydrogens is 442 g/mol. The summed E-state index contributed by atoms with van der Waals surface area (Å²) in [6.07, 6.45) is 6.75. The molecule has 31 heavy (non-hydrogen) atoms. The zero-order valence-corrected chi connectivity index (χ0v) is 19.2. The molecule has 0 aliphatic carbocycles. The van der Waals surface area contributed by atoms with Crippen LogP contribution in [0.25, 0.3) is 0 Å². The fourth-order valence-corrected chi connectivity index (χ4v) is 4.18. The number of hydrogen-bond donors (Lipinski definition) is 0. The van der Waals surface area contributed by atoms with E-state index in [1.807, 2.05) is 17.0 Å². The number of fused-ring (bicyclic) bond motifs is 1. The number of rotatable bonds is 5. The quantitative estimate of drug-likeness (QED) is 0.662. The summed E-state index contributed by atoms with van der Waals surface area (Å²) in [6, 6.07) is 3.69. The summed E-state index contributed by atoms with van der Waals surface area (Å²) in [5, 5.41) is 0. The van der Waals surface area contributed by atoms with Crippen LogP contribution in [-0.4, -0.2) is 68.8 Å². The van der Waals surface area contributed by atoms with E-state index in [9.17, 15) is 9.00 Å².